The largest absolute Gasteiger partial charge is 0.496 e. The molecule has 0 aliphatic carbocycles. The molecule has 0 aromatic heterocycles. The molecule has 2 rings (SSSR count). The number of para-hydroxylation sites is 1. The second-order valence-electron chi connectivity index (χ2n) is 4.09. The van der Waals surface area contributed by atoms with Gasteiger partial charge in [0, 0.05) is 11.1 Å². The van der Waals surface area contributed by atoms with E-state index in [0.29, 0.717) is 0 Å². The highest BCUT2D eigenvalue weighted by Crippen LogP contribution is 2.30. The normalized spacial score (nSPS) is 10.1. The summed E-state index contributed by atoms with van der Waals surface area (Å²) in [5.74, 6) is 0.846. The third kappa shape index (κ3) is 2.28. The Balaban J connectivity index is 2.54. The Bertz CT molecular complexity index is 559. The van der Waals surface area contributed by atoms with Crippen LogP contribution >= 0.6 is 0 Å². The topological polar surface area (TPSA) is 26.3 Å². The van der Waals surface area contributed by atoms with E-state index < -0.39 is 0 Å². The summed E-state index contributed by atoms with van der Waals surface area (Å²) in [6.07, 6.45) is 1.75. The van der Waals surface area contributed by atoms with Crippen molar-refractivity contribution in [2.75, 3.05) is 7.11 Å². The molecule has 0 heterocycles. The number of aldehydes is 1. The van der Waals surface area contributed by atoms with Crippen LogP contribution in [0.1, 0.15) is 22.8 Å². The number of rotatable bonds is 4. The van der Waals surface area contributed by atoms with Crippen molar-refractivity contribution < 1.29 is 9.53 Å². The third-order valence-corrected chi connectivity index (χ3v) is 3.07. The van der Waals surface area contributed by atoms with E-state index in [4.69, 9.17) is 4.74 Å². The van der Waals surface area contributed by atoms with Gasteiger partial charge in [0.25, 0.3) is 0 Å². The molecule has 2 aromatic rings. The minimum Gasteiger partial charge on any atom is -0.496 e. The molecule has 2 aromatic carbocycles. The predicted molar refractivity (Wildman–Crippen MR) is 73.2 cm³/mol. The maximum Gasteiger partial charge on any atom is 0.150 e. The molecule has 0 fully saturated rings. The molecule has 0 N–H and O–H groups in total. The standard InChI is InChI=1S/C16H16O2/c1-3-12-10-13(8-9-14(12)11-17)15-6-4-5-7-16(15)18-2/h4-11H,3H2,1-2H3. The fourth-order valence-corrected chi connectivity index (χ4v) is 2.08. The molecule has 0 bridgehead atoms. The second-order valence-corrected chi connectivity index (χ2v) is 4.09. The van der Waals surface area contributed by atoms with Crippen molar-refractivity contribution in [1.29, 1.82) is 0 Å². The molecule has 0 unspecified atom stereocenters. The van der Waals surface area contributed by atoms with Crippen molar-refractivity contribution >= 4 is 6.29 Å². The van der Waals surface area contributed by atoms with Crippen LogP contribution in [0, 0.1) is 0 Å². The number of hydrogen-bond acceptors (Lipinski definition) is 2. The van der Waals surface area contributed by atoms with Gasteiger partial charge in [-0.05, 0) is 23.6 Å². The molecule has 2 heteroatoms. The highest BCUT2D eigenvalue weighted by Gasteiger charge is 2.07. The Hall–Kier alpha value is -2.09. The summed E-state index contributed by atoms with van der Waals surface area (Å²) in [6.45, 7) is 2.05. The first-order valence-corrected chi connectivity index (χ1v) is 6.01. The van der Waals surface area contributed by atoms with E-state index in [2.05, 4.69) is 6.07 Å². The first kappa shape index (κ1) is 12.4. The highest BCUT2D eigenvalue weighted by atomic mass is 16.5. The fraction of sp³-hybridized carbons (Fsp3) is 0.188. The quantitative estimate of drug-likeness (QED) is 0.761. The van der Waals surface area contributed by atoms with Crippen LogP contribution in [0.4, 0.5) is 0 Å². The summed E-state index contributed by atoms with van der Waals surface area (Å²) < 4.78 is 5.36. The summed E-state index contributed by atoms with van der Waals surface area (Å²) in [5.41, 5.74) is 3.95. The lowest BCUT2D eigenvalue weighted by Gasteiger charge is -2.10. The second kappa shape index (κ2) is 5.50. The van der Waals surface area contributed by atoms with Crippen molar-refractivity contribution in [2.45, 2.75) is 13.3 Å². The Morgan fingerprint density at radius 1 is 1.17 bits per heavy atom. The zero-order valence-electron chi connectivity index (χ0n) is 10.6. The molecule has 0 aliphatic heterocycles. The van der Waals surface area contributed by atoms with E-state index in [1.807, 2.05) is 43.3 Å². The van der Waals surface area contributed by atoms with E-state index >= 15 is 0 Å². The third-order valence-electron chi connectivity index (χ3n) is 3.07. The van der Waals surface area contributed by atoms with E-state index in [9.17, 15) is 4.79 Å². The molecule has 0 radical (unpaired) electrons. The fourth-order valence-electron chi connectivity index (χ4n) is 2.08. The highest BCUT2D eigenvalue weighted by molar-refractivity contribution is 5.80. The van der Waals surface area contributed by atoms with Gasteiger partial charge in [0.1, 0.15) is 12.0 Å². The number of carbonyl (C=O) groups excluding carboxylic acids is 1. The SMILES string of the molecule is CCc1cc(-c2ccccc2OC)ccc1C=O. The van der Waals surface area contributed by atoms with Gasteiger partial charge in [0.05, 0.1) is 7.11 Å². The van der Waals surface area contributed by atoms with Crippen molar-refractivity contribution in [3.05, 3.63) is 53.6 Å². The zero-order chi connectivity index (χ0) is 13.0. The summed E-state index contributed by atoms with van der Waals surface area (Å²) >= 11 is 0. The van der Waals surface area contributed by atoms with Gasteiger partial charge in [-0.15, -0.1) is 0 Å². The van der Waals surface area contributed by atoms with Crippen LogP contribution < -0.4 is 4.74 Å². The maximum absolute atomic E-state index is 10.9. The van der Waals surface area contributed by atoms with Crippen LogP contribution in [-0.2, 0) is 6.42 Å². The van der Waals surface area contributed by atoms with Crippen LogP contribution in [0.2, 0.25) is 0 Å². The molecular weight excluding hydrogens is 224 g/mol. The predicted octanol–water partition coefficient (Wildman–Crippen LogP) is 3.74. The zero-order valence-corrected chi connectivity index (χ0v) is 10.6. The average molecular weight is 240 g/mol. The first-order valence-electron chi connectivity index (χ1n) is 6.01. The lowest BCUT2D eigenvalue weighted by molar-refractivity contribution is 0.112. The number of hydrogen-bond donors (Lipinski definition) is 0. The van der Waals surface area contributed by atoms with Gasteiger partial charge in [-0.2, -0.15) is 0 Å². The van der Waals surface area contributed by atoms with Gasteiger partial charge in [-0.1, -0.05) is 43.3 Å². The van der Waals surface area contributed by atoms with E-state index in [-0.39, 0.29) is 0 Å². The van der Waals surface area contributed by atoms with E-state index in [1.165, 1.54) is 0 Å². The molecule has 0 atom stereocenters. The maximum atomic E-state index is 10.9. The summed E-state index contributed by atoms with van der Waals surface area (Å²) in [7, 11) is 1.67. The van der Waals surface area contributed by atoms with Crippen LogP contribution in [0.3, 0.4) is 0 Å². The molecule has 0 amide bonds. The number of carbonyl (C=O) groups is 1. The van der Waals surface area contributed by atoms with Gasteiger partial charge >= 0.3 is 0 Å². The number of methoxy groups -OCH3 is 1. The van der Waals surface area contributed by atoms with Crippen molar-refractivity contribution in [1.82, 2.24) is 0 Å². The van der Waals surface area contributed by atoms with E-state index in [1.54, 1.807) is 7.11 Å². The number of aryl methyl sites for hydroxylation is 1. The molecule has 2 nitrogen and oxygen atoms in total. The van der Waals surface area contributed by atoms with Gasteiger partial charge in [-0.25, -0.2) is 0 Å². The first-order chi connectivity index (χ1) is 8.80. The molecule has 0 saturated heterocycles. The number of benzene rings is 2. The molecular formula is C16H16O2. The minimum absolute atomic E-state index is 0.760. The van der Waals surface area contributed by atoms with Crippen LogP contribution in [0.5, 0.6) is 5.75 Å². The average Bonchev–Trinajstić information content (AvgIpc) is 2.46. The summed E-state index contributed by atoms with van der Waals surface area (Å²) in [4.78, 5) is 10.9. The smallest absolute Gasteiger partial charge is 0.150 e. The summed E-state index contributed by atoms with van der Waals surface area (Å²) in [5, 5.41) is 0. The van der Waals surface area contributed by atoms with Crippen LogP contribution in [-0.4, -0.2) is 13.4 Å². The van der Waals surface area contributed by atoms with Crippen molar-refractivity contribution in [3.63, 3.8) is 0 Å². The van der Waals surface area contributed by atoms with Gasteiger partial charge in [-0.3, -0.25) is 4.79 Å². The monoisotopic (exact) mass is 240 g/mol. The molecule has 18 heavy (non-hydrogen) atoms. The summed E-state index contributed by atoms with van der Waals surface area (Å²) in [6, 6.07) is 13.8. The minimum atomic E-state index is 0.760. The lowest BCUT2D eigenvalue weighted by Crippen LogP contribution is -1.93. The molecule has 0 saturated carbocycles. The van der Waals surface area contributed by atoms with Crippen molar-refractivity contribution in [2.24, 2.45) is 0 Å². The Labute approximate surface area is 107 Å². The van der Waals surface area contributed by atoms with Gasteiger partial charge in [0.2, 0.25) is 0 Å². The number of ether oxygens (including phenoxy) is 1. The Kier molecular flexibility index (Phi) is 3.78. The molecule has 0 aliphatic rings. The van der Waals surface area contributed by atoms with Crippen LogP contribution in [0.15, 0.2) is 42.5 Å². The van der Waals surface area contributed by atoms with Gasteiger partial charge < -0.3 is 4.74 Å². The van der Waals surface area contributed by atoms with Gasteiger partial charge in [0.15, 0.2) is 0 Å². The van der Waals surface area contributed by atoms with Crippen molar-refractivity contribution in [3.8, 4) is 16.9 Å². The van der Waals surface area contributed by atoms with Crippen LogP contribution in [0.25, 0.3) is 11.1 Å². The lowest BCUT2D eigenvalue weighted by atomic mass is 9.98. The Morgan fingerprint density at radius 3 is 2.61 bits per heavy atom. The molecule has 0 spiro atoms. The van der Waals surface area contributed by atoms with E-state index in [0.717, 1.165) is 40.7 Å². The molecule has 92 valence electrons. The Morgan fingerprint density at radius 2 is 1.94 bits per heavy atom.